The van der Waals surface area contributed by atoms with Crippen molar-refractivity contribution in [2.75, 3.05) is 0 Å². The lowest BCUT2D eigenvalue weighted by Gasteiger charge is -2.10. The molecular weight excluding hydrogens is 184 g/mol. The summed E-state index contributed by atoms with van der Waals surface area (Å²) >= 11 is 0. The fourth-order valence-electron chi connectivity index (χ4n) is 1.78. The zero-order valence-electron chi connectivity index (χ0n) is 9.65. The van der Waals surface area contributed by atoms with Gasteiger partial charge in [0.05, 0.1) is 6.10 Å². The predicted molar refractivity (Wildman–Crippen MR) is 64.8 cm³/mol. The lowest BCUT2D eigenvalue weighted by atomic mass is 10.0. The van der Waals surface area contributed by atoms with Gasteiger partial charge in [-0.15, -0.1) is 0 Å². The molecule has 0 radical (unpaired) electrons. The van der Waals surface area contributed by atoms with Gasteiger partial charge in [-0.25, -0.2) is 0 Å². The van der Waals surface area contributed by atoms with Crippen LogP contribution in [0.2, 0.25) is 0 Å². The Kier molecular flexibility index (Phi) is 6.10. The number of rotatable bonds is 7. The van der Waals surface area contributed by atoms with E-state index >= 15 is 0 Å². The normalized spacial score (nSPS) is 12.7. The zero-order chi connectivity index (χ0) is 10.9. The Balaban J connectivity index is 2.16. The highest BCUT2D eigenvalue weighted by molar-refractivity contribution is 5.16. The molecule has 0 saturated carbocycles. The molecule has 84 valence electrons. The van der Waals surface area contributed by atoms with E-state index in [0.717, 1.165) is 18.4 Å². The summed E-state index contributed by atoms with van der Waals surface area (Å²) in [7, 11) is 0. The van der Waals surface area contributed by atoms with E-state index < -0.39 is 0 Å². The van der Waals surface area contributed by atoms with Crippen molar-refractivity contribution in [3.63, 3.8) is 0 Å². The predicted octanol–water partition coefficient (Wildman–Crippen LogP) is 4.08. The highest BCUT2D eigenvalue weighted by Gasteiger charge is 2.05. The van der Waals surface area contributed by atoms with Gasteiger partial charge in [-0.2, -0.15) is 0 Å². The quantitative estimate of drug-likeness (QED) is 0.666. The van der Waals surface area contributed by atoms with Crippen molar-refractivity contribution < 1.29 is 5.11 Å². The molecule has 1 N–H and O–H groups in total. The lowest BCUT2D eigenvalue weighted by Crippen LogP contribution is -1.96. The summed E-state index contributed by atoms with van der Waals surface area (Å²) in [6.07, 6.45) is 6.91. The van der Waals surface area contributed by atoms with Crippen molar-refractivity contribution >= 4 is 0 Å². The molecule has 0 aromatic heterocycles. The van der Waals surface area contributed by atoms with Gasteiger partial charge in [0, 0.05) is 0 Å². The van der Waals surface area contributed by atoms with Gasteiger partial charge in [0.15, 0.2) is 0 Å². The van der Waals surface area contributed by atoms with Crippen molar-refractivity contribution in [3.05, 3.63) is 35.9 Å². The number of hydrogen-bond acceptors (Lipinski definition) is 1. The Morgan fingerprint density at radius 1 is 1.00 bits per heavy atom. The van der Waals surface area contributed by atoms with Crippen molar-refractivity contribution in [2.24, 2.45) is 0 Å². The maximum absolute atomic E-state index is 9.88. The summed E-state index contributed by atoms with van der Waals surface area (Å²) in [5.74, 6) is 0. The number of aliphatic hydroxyl groups excluding tert-OH is 1. The Bertz CT molecular complexity index is 243. The summed E-state index contributed by atoms with van der Waals surface area (Å²) in [6.45, 7) is 2.22. The Hall–Kier alpha value is -0.820. The molecule has 0 amide bonds. The van der Waals surface area contributed by atoms with Crippen LogP contribution in [0.25, 0.3) is 0 Å². The first-order chi connectivity index (χ1) is 7.34. The molecule has 0 bridgehead atoms. The number of benzene rings is 1. The Labute approximate surface area is 93.1 Å². The maximum Gasteiger partial charge on any atom is 0.0790 e. The van der Waals surface area contributed by atoms with E-state index in [4.69, 9.17) is 0 Å². The third-order valence-corrected chi connectivity index (χ3v) is 2.77. The van der Waals surface area contributed by atoms with E-state index in [2.05, 4.69) is 6.92 Å². The molecule has 1 aromatic carbocycles. The minimum Gasteiger partial charge on any atom is -0.388 e. The second-order valence-corrected chi connectivity index (χ2v) is 4.13. The fraction of sp³-hybridized carbons (Fsp3) is 0.571. The molecule has 1 aromatic rings. The van der Waals surface area contributed by atoms with Crippen LogP contribution in [-0.2, 0) is 0 Å². The second-order valence-electron chi connectivity index (χ2n) is 4.13. The zero-order valence-corrected chi connectivity index (χ0v) is 9.65. The van der Waals surface area contributed by atoms with E-state index in [1.54, 1.807) is 0 Å². The summed E-state index contributed by atoms with van der Waals surface area (Å²) in [6, 6.07) is 9.94. The lowest BCUT2D eigenvalue weighted by molar-refractivity contribution is 0.163. The van der Waals surface area contributed by atoms with Crippen LogP contribution in [0.3, 0.4) is 0 Å². The molecule has 1 heteroatoms. The molecule has 15 heavy (non-hydrogen) atoms. The summed E-state index contributed by atoms with van der Waals surface area (Å²) in [4.78, 5) is 0. The molecule has 0 saturated heterocycles. The van der Waals surface area contributed by atoms with E-state index in [1.165, 1.54) is 25.7 Å². The highest BCUT2D eigenvalue weighted by Crippen LogP contribution is 2.19. The van der Waals surface area contributed by atoms with Gasteiger partial charge in [0.25, 0.3) is 0 Å². The summed E-state index contributed by atoms with van der Waals surface area (Å²) in [5, 5.41) is 9.88. The Morgan fingerprint density at radius 2 is 1.67 bits per heavy atom. The van der Waals surface area contributed by atoms with E-state index in [9.17, 15) is 5.11 Å². The summed E-state index contributed by atoms with van der Waals surface area (Å²) in [5.41, 5.74) is 1.05. The third-order valence-electron chi connectivity index (χ3n) is 2.77. The Morgan fingerprint density at radius 3 is 2.33 bits per heavy atom. The van der Waals surface area contributed by atoms with Crippen molar-refractivity contribution in [2.45, 2.75) is 51.6 Å². The molecular formula is C14H22O. The van der Waals surface area contributed by atoms with E-state index in [-0.39, 0.29) is 6.10 Å². The van der Waals surface area contributed by atoms with Crippen LogP contribution < -0.4 is 0 Å². The molecule has 0 fully saturated rings. The van der Waals surface area contributed by atoms with Crippen LogP contribution in [0, 0.1) is 0 Å². The molecule has 1 nitrogen and oxygen atoms in total. The second kappa shape index (κ2) is 7.47. The van der Waals surface area contributed by atoms with Crippen LogP contribution >= 0.6 is 0 Å². The van der Waals surface area contributed by atoms with Gasteiger partial charge in [0.2, 0.25) is 0 Å². The minimum absolute atomic E-state index is 0.271. The first kappa shape index (κ1) is 12.3. The highest BCUT2D eigenvalue weighted by atomic mass is 16.3. The molecule has 1 unspecified atom stereocenters. The SMILES string of the molecule is CCCCCCCC(O)c1ccccc1. The van der Waals surface area contributed by atoms with Gasteiger partial charge >= 0.3 is 0 Å². The molecule has 0 aliphatic rings. The monoisotopic (exact) mass is 206 g/mol. The first-order valence-corrected chi connectivity index (χ1v) is 6.07. The smallest absolute Gasteiger partial charge is 0.0790 e. The fourth-order valence-corrected chi connectivity index (χ4v) is 1.78. The van der Waals surface area contributed by atoms with Crippen molar-refractivity contribution in [3.8, 4) is 0 Å². The van der Waals surface area contributed by atoms with Gasteiger partial charge in [0.1, 0.15) is 0 Å². The molecule has 1 rings (SSSR count). The van der Waals surface area contributed by atoms with Gasteiger partial charge in [-0.1, -0.05) is 69.4 Å². The third kappa shape index (κ3) is 4.98. The van der Waals surface area contributed by atoms with Crippen LogP contribution in [-0.4, -0.2) is 5.11 Å². The van der Waals surface area contributed by atoms with Crippen molar-refractivity contribution in [1.82, 2.24) is 0 Å². The van der Waals surface area contributed by atoms with Gasteiger partial charge in [-0.05, 0) is 12.0 Å². The maximum atomic E-state index is 9.88. The molecule has 1 atom stereocenters. The van der Waals surface area contributed by atoms with Crippen LogP contribution in [0.4, 0.5) is 0 Å². The summed E-state index contributed by atoms with van der Waals surface area (Å²) < 4.78 is 0. The number of hydrogen-bond donors (Lipinski definition) is 1. The molecule has 0 heterocycles. The van der Waals surface area contributed by atoms with E-state index in [1.807, 2.05) is 30.3 Å². The van der Waals surface area contributed by atoms with Gasteiger partial charge in [-0.3, -0.25) is 0 Å². The average Bonchev–Trinajstić information content (AvgIpc) is 2.30. The molecule has 0 aliphatic carbocycles. The van der Waals surface area contributed by atoms with E-state index in [0.29, 0.717) is 0 Å². The molecule has 0 aliphatic heterocycles. The van der Waals surface area contributed by atoms with Crippen LogP contribution in [0.15, 0.2) is 30.3 Å². The molecule has 0 spiro atoms. The largest absolute Gasteiger partial charge is 0.388 e. The standard InChI is InChI=1S/C14H22O/c1-2-3-4-5-9-12-14(15)13-10-7-6-8-11-13/h6-8,10-11,14-15H,2-5,9,12H2,1H3. The van der Waals surface area contributed by atoms with Gasteiger partial charge < -0.3 is 5.11 Å². The van der Waals surface area contributed by atoms with Crippen LogP contribution in [0.5, 0.6) is 0 Å². The topological polar surface area (TPSA) is 20.2 Å². The number of aliphatic hydroxyl groups is 1. The first-order valence-electron chi connectivity index (χ1n) is 6.07. The minimum atomic E-state index is -0.271. The van der Waals surface area contributed by atoms with Crippen molar-refractivity contribution in [1.29, 1.82) is 0 Å². The number of unbranched alkanes of at least 4 members (excludes halogenated alkanes) is 4. The van der Waals surface area contributed by atoms with Crippen LogP contribution in [0.1, 0.15) is 57.1 Å². The average molecular weight is 206 g/mol.